The van der Waals surface area contributed by atoms with E-state index in [0.717, 1.165) is 29.8 Å². The quantitative estimate of drug-likeness (QED) is 0.553. The number of rotatable bonds is 8. The Morgan fingerprint density at radius 1 is 1.16 bits per heavy atom. The van der Waals surface area contributed by atoms with Crippen LogP contribution in [0.15, 0.2) is 58.0 Å². The molecule has 0 bridgehead atoms. The van der Waals surface area contributed by atoms with Gasteiger partial charge in [0.25, 0.3) is 15.9 Å². The van der Waals surface area contributed by atoms with Gasteiger partial charge in [-0.2, -0.15) is 5.10 Å². The molecule has 3 aromatic rings. The van der Waals surface area contributed by atoms with Crippen molar-refractivity contribution in [3.8, 4) is 11.3 Å². The van der Waals surface area contributed by atoms with Gasteiger partial charge in [-0.15, -0.1) is 0 Å². The van der Waals surface area contributed by atoms with E-state index in [1.807, 2.05) is 36.4 Å². The fourth-order valence-electron chi connectivity index (χ4n) is 3.08. The molecule has 166 valence electrons. The highest BCUT2D eigenvalue weighted by Gasteiger charge is 2.26. The third-order valence-electron chi connectivity index (χ3n) is 4.48. The Morgan fingerprint density at radius 3 is 2.55 bits per heavy atom. The van der Waals surface area contributed by atoms with E-state index in [0.29, 0.717) is 6.54 Å². The van der Waals surface area contributed by atoms with Crippen LogP contribution in [0.2, 0.25) is 0 Å². The molecule has 8 nitrogen and oxygen atoms in total. The topological polar surface area (TPSA) is 108 Å². The van der Waals surface area contributed by atoms with Crippen molar-refractivity contribution in [3.05, 3.63) is 60.0 Å². The predicted molar refractivity (Wildman–Crippen MR) is 118 cm³/mol. The van der Waals surface area contributed by atoms with Gasteiger partial charge < -0.3 is 9.32 Å². The summed E-state index contributed by atoms with van der Waals surface area (Å²) < 4.78 is 32.5. The number of sulfonamides is 1. The van der Waals surface area contributed by atoms with E-state index in [1.165, 1.54) is 17.0 Å². The lowest BCUT2D eigenvalue weighted by atomic mass is 10.1. The van der Waals surface area contributed by atoms with Crippen LogP contribution in [0.5, 0.6) is 0 Å². The molecular formula is C22H28N4O4S. The summed E-state index contributed by atoms with van der Waals surface area (Å²) in [4.78, 5) is 14.1. The Balaban J connectivity index is 1.55. The highest BCUT2D eigenvalue weighted by atomic mass is 32.2. The van der Waals surface area contributed by atoms with Gasteiger partial charge in [-0.1, -0.05) is 30.3 Å². The molecule has 0 atom stereocenters. The number of aromatic nitrogens is 2. The van der Waals surface area contributed by atoms with Crippen molar-refractivity contribution in [1.82, 2.24) is 19.8 Å². The number of aromatic amines is 1. The zero-order valence-electron chi connectivity index (χ0n) is 18.2. The predicted octanol–water partition coefficient (Wildman–Crippen LogP) is 3.45. The number of carbonyl (C=O) groups excluding carboxylic acids is 1. The normalized spacial score (nSPS) is 12.1. The van der Waals surface area contributed by atoms with Gasteiger partial charge in [-0.3, -0.25) is 9.89 Å². The van der Waals surface area contributed by atoms with Gasteiger partial charge in [-0.05, 0) is 51.8 Å². The minimum atomic E-state index is -3.83. The number of furan rings is 1. The smallest absolute Gasteiger partial charge is 0.289 e. The molecule has 0 unspecified atom stereocenters. The Hall–Kier alpha value is -2.91. The molecule has 2 N–H and O–H groups in total. The second kappa shape index (κ2) is 9.07. The standard InChI is InChI=1S/C22H28N4O4S/c1-22(2,3)25-31(28,29)20-13-12-19(30-20)21(27)26(4)14-8-11-17-15-18(24-23-17)16-9-6-5-7-10-16/h5-7,9-10,12-13,15,25H,8,11,14H2,1-4H3,(H,23,24). The van der Waals surface area contributed by atoms with E-state index >= 15 is 0 Å². The number of hydrogen-bond donors (Lipinski definition) is 2. The van der Waals surface area contributed by atoms with Crippen molar-refractivity contribution in [2.24, 2.45) is 0 Å². The van der Waals surface area contributed by atoms with Gasteiger partial charge in [0.05, 0.1) is 5.69 Å². The first kappa shape index (κ1) is 22.8. The first-order chi connectivity index (χ1) is 14.5. The summed E-state index contributed by atoms with van der Waals surface area (Å²) in [5.41, 5.74) is 2.26. The molecule has 2 aromatic heterocycles. The molecule has 1 amide bonds. The van der Waals surface area contributed by atoms with Gasteiger partial charge >= 0.3 is 0 Å². The number of nitrogens with one attached hydrogen (secondary N) is 2. The van der Waals surface area contributed by atoms with Gasteiger partial charge in [0.2, 0.25) is 5.09 Å². The summed E-state index contributed by atoms with van der Waals surface area (Å²) in [6, 6.07) is 14.6. The lowest BCUT2D eigenvalue weighted by Crippen LogP contribution is -2.40. The fraction of sp³-hybridized carbons (Fsp3) is 0.364. The van der Waals surface area contributed by atoms with Gasteiger partial charge in [-0.25, -0.2) is 13.1 Å². The third kappa shape index (κ3) is 6.05. The number of benzene rings is 1. The third-order valence-corrected chi connectivity index (χ3v) is 6.11. The Kier molecular flexibility index (Phi) is 6.66. The van der Waals surface area contributed by atoms with E-state index in [9.17, 15) is 13.2 Å². The van der Waals surface area contributed by atoms with E-state index in [-0.39, 0.29) is 16.8 Å². The Bertz CT molecular complexity index is 1130. The molecule has 3 rings (SSSR count). The molecule has 9 heteroatoms. The van der Waals surface area contributed by atoms with Crippen molar-refractivity contribution in [3.63, 3.8) is 0 Å². The SMILES string of the molecule is CN(CCCc1cc(-c2ccccc2)n[nH]1)C(=O)c1ccc(S(=O)(=O)NC(C)(C)C)o1. The van der Waals surface area contributed by atoms with Crippen molar-refractivity contribution in [2.45, 2.75) is 44.2 Å². The monoisotopic (exact) mass is 444 g/mol. The van der Waals surface area contributed by atoms with Crippen LogP contribution in [-0.2, 0) is 16.4 Å². The summed E-state index contributed by atoms with van der Waals surface area (Å²) in [5, 5.41) is 7.09. The lowest BCUT2D eigenvalue weighted by Gasteiger charge is -2.19. The summed E-state index contributed by atoms with van der Waals surface area (Å²) in [6.45, 7) is 5.68. The molecule has 0 fully saturated rings. The van der Waals surface area contributed by atoms with Gasteiger partial charge in [0.1, 0.15) is 0 Å². The van der Waals surface area contributed by atoms with Crippen molar-refractivity contribution < 1.29 is 17.6 Å². The molecule has 0 aliphatic heterocycles. The number of hydrogen-bond acceptors (Lipinski definition) is 5. The van der Waals surface area contributed by atoms with Gasteiger partial charge in [0, 0.05) is 30.4 Å². The van der Waals surface area contributed by atoms with Crippen molar-refractivity contribution in [2.75, 3.05) is 13.6 Å². The number of amides is 1. The first-order valence-electron chi connectivity index (χ1n) is 10.0. The summed E-state index contributed by atoms with van der Waals surface area (Å²) in [7, 11) is -2.17. The molecule has 1 aromatic carbocycles. The van der Waals surface area contributed by atoms with E-state index in [1.54, 1.807) is 27.8 Å². The van der Waals surface area contributed by atoms with Crippen molar-refractivity contribution >= 4 is 15.9 Å². The minimum Gasteiger partial charge on any atom is -0.438 e. The lowest BCUT2D eigenvalue weighted by molar-refractivity contribution is 0.0756. The largest absolute Gasteiger partial charge is 0.438 e. The van der Waals surface area contributed by atoms with Crippen LogP contribution >= 0.6 is 0 Å². The van der Waals surface area contributed by atoms with Crippen LogP contribution in [0.4, 0.5) is 0 Å². The maximum absolute atomic E-state index is 12.6. The Morgan fingerprint density at radius 2 is 1.87 bits per heavy atom. The fourth-order valence-corrected chi connectivity index (χ4v) is 4.43. The zero-order valence-corrected chi connectivity index (χ0v) is 19.0. The molecule has 0 spiro atoms. The van der Waals surface area contributed by atoms with Crippen LogP contribution in [0.3, 0.4) is 0 Å². The van der Waals surface area contributed by atoms with E-state index in [2.05, 4.69) is 14.9 Å². The van der Waals surface area contributed by atoms with Crippen LogP contribution in [-0.4, -0.2) is 48.6 Å². The van der Waals surface area contributed by atoms with E-state index < -0.39 is 15.6 Å². The van der Waals surface area contributed by atoms with Crippen LogP contribution in [0.1, 0.15) is 43.4 Å². The van der Waals surface area contributed by atoms with Crippen LogP contribution in [0.25, 0.3) is 11.3 Å². The number of nitrogens with zero attached hydrogens (tertiary/aromatic N) is 2. The van der Waals surface area contributed by atoms with Crippen molar-refractivity contribution in [1.29, 1.82) is 0 Å². The average molecular weight is 445 g/mol. The highest BCUT2D eigenvalue weighted by molar-refractivity contribution is 7.89. The Labute approximate surface area is 182 Å². The summed E-state index contributed by atoms with van der Waals surface area (Å²) in [6.07, 6.45) is 1.45. The van der Waals surface area contributed by atoms with Gasteiger partial charge in [0.15, 0.2) is 5.76 Å². The number of carbonyl (C=O) groups is 1. The molecule has 0 saturated heterocycles. The minimum absolute atomic E-state index is 0.00955. The van der Waals surface area contributed by atoms with Crippen LogP contribution in [0, 0.1) is 0 Å². The summed E-state index contributed by atoms with van der Waals surface area (Å²) in [5.74, 6) is -0.378. The molecular weight excluding hydrogens is 416 g/mol. The van der Waals surface area contributed by atoms with Crippen LogP contribution < -0.4 is 4.72 Å². The number of H-pyrrole nitrogens is 1. The number of aryl methyl sites for hydroxylation is 1. The maximum atomic E-state index is 12.6. The molecule has 0 aliphatic rings. The zero-order chi connectivity index (χ0) is 22.6. The molecule has 31 heavy (non-hydrogen) atoms. The second-order valence-electron chi connectivity index (χ2n) is 8.45. The maximum Gasteiger partial charge on any atom is 0.289 e. The van der Waals surface area contributed by atoms with E-state index in [4.69, 9.17) is 4.42 Å². The molecule has 2 heterocycles. The first-order valence-corrected chi connectivity index (χ1v) is 11.5. The molecule has 0 radical (unpaired) electrons. The average Bonchev–Trinajstić information content (AvgIpc) is 3.36. The molecule has 0 saturated carbocycles. The molecule has 0 aliphatic carbocycles. The second-order valence-corrected chi connectivity index (χ2v) is 10.1. The summed E-state index contributed by atoms with van der Waals surface area (Å²) >= 11 is 0. The highest BCUT2D eigenvalue weighted by Crippen LogP contribution is 2.19.